The summed E-state index contributed by atoms with van der Waals surface area (Å²) in [4.78, 5) is 5.03. The number of hydrogen-bond donors (Lipinski definition) is 1. The molecule has 2 nitrogen and oxygen atoms in total. The van der Waals surface area contributed by atoms with Crippen LogP contribution < -0.4 is 0 Å². The third-order valence-electron chi connectivity index (χ3n) is 3.23. The van der Waals surface area contributed by atoms with E-state index in [2.05, 4.69) is 29.5 Å². The Balaban J connectivity index is 1.87. The molecule has 0 radical (unpaired) electrons. The fraction of sp³-hybridized carbons (Fsp3) is 1.00. The third-order valence-corrected chi connectivity index (χ3v) is 3.54. The highest BCUT2D eigenvalue weighted by atomic mass is 32.1. The summed E-state index contributed by atoms with van der Waals surface area (Å²) in [5.41, 5.74) is 0. The van der Waals surface area contributed by atoms with E-state index < -0.39 is 0 Å². The first-order valence-corrected chi connectivity index (χ1v) is 6.98. The lowest BCUT2D eigenvalue weighted by Gasteiger charge is -2.32. The van der Waals surface area contributed by atoms with E-state index in [1.165, 1.54) is 64.8 Å². The van der Waals surface area contributed by atoms with Crippen molar-refractivity contribution in [3.05, 3.63) is 0 Å². The summed E-state index contributed by atoms with van der Waals surface area (Å²) < 4.78 is 0. The monoisotopic (exact) mass is 230 g/mol. The van der Waals surface area contributed by atoms with Crippen LogP contribution in [0.5, 0.6) is 0 Å². The zero-order valence-corrected chi connectivity index (χ0v) is 11.0. The smallest absolute Gasteiger partial charge is 0.0110 e. The molecule has 0 N–H and O–H groups in total. The quantitative estimate of drug-likeness (QED) is 0.529. The predicted octanol–water partition coefficient (Wildman–Crippen LogP) is 2.11. The van der Waals surface area contributed by atoms with Gasteiger partial charge in [-0.2, -0.15) is 12.6 Å². The van der Waals surface area contributed by atoms with Crippen molar-refractivity contribution < 1.29 is 0 Å². The summed E-state index contributed by atoms with van der Waals surface area (Å²) in [7, 11) is 2.22. The SMILES string of the molecule is CN1CCN(CCCCCCCS)CC1. The number of hydrogen-bond acceptors (Lipinski definition) is 3. The first-order valence-electron chi connectivity index (χ1n) is 6.34. The van der Waals surface area contributed by atoms with Gasteiger partial charge in [-0.05, 0) is 32.2 Å². The summed E-state index contributed by atoms with van der Waals surface area (Å²) in [5, 5.41) is 0. The molecule has 3 heteroatoms. The molecule has 90 valence electrons. The van der Waals surface area contributed by atoms with Gasteiger partial charge in [0.15, 0.2) is 0 Å². The Morgan fingerprint density at radius 2 is 1.47 bits per heavy atom. The molecule has 1 saturated heterocycles. The second kappa shape index (κ2) is 8.43. The van der Waals surface area contributed by atoms with E-state index in [0.29, 0.717) is 0 Å². The van der Waals surface area contributed by atoms with Crippen LogP contribution in [-0.2, 0) is 0 Å². The van der Waals surface area contributed by atoms with Crippen LogP contribution in [-0.4, -0.2) is 55.3 Å². The molecule has 0 aromatic heterocycles. The van der Waals surface area contributed by atoms with Gasteiger partial charge in [0.25, 0.3) is 0 Å². The molecule has 0 saturated carbocycles. The van der Waals surface area contributed by atoms with Crippen molar-refractivity contribution in [2.24, 2.45) is 0 Å². The van der Waals surface area contributed by atoms with Gasteiger partial charge in [0, 0.05) is 26.2 Å². The van der Waals surface area contributed by atoms with Crippen molar-refractivity contribution in [1.29, 1.82) is 0 Å². The fourth-order valence-electron chi connectivity index (χ4n) is 2.05. The van der Waals surface area contributed by atoms with Crippen molar-refractivity contribution >= 4 is 12.6 Å². The number of thiol groups is 1. The average Bonchev–Trinajstić information content (AvgIpc) is 2.26. The van der Waals surface area contributed by atoms with Gasteiger partial charge < -0.3 is 9.80 Å². The average molecular weight is 230 g/mol. The Bertz CT molecular complexity index is 145. The molecule has 0 spiro atoms. The first-order chi connectivity index (χ1) is 7.33. The molecule has 0 aromatic carbocycles. The van der Waals surface area contributed by atoms with Gasteiger partial charge in [-0.3, -0.25) is 0 Å². The standard InChI is InChI=1S/C12H26N2S/c1-13-8-10-14(11-9-13)7-5-3-2-4-6-12-15/h15H,2-12H2,1H3. The highest BCUT2D eigenvalue weighted by molar-refractivity contribution is 7.80. The molecule has 0 aliphatic carbocycles. The van der Waals surface area contributed by atoms with Crippen molar-refractivity contribution in [2.45, 2.75) is 32.1 Å². The molecule has 1 aliphatic heterocycles. The van der Waals surface area contributed by atoms with Gasteiger partial charge in [0.2, 0.25) is 0 Å². The zero-order valence-electron chi connectivity index (χ0n) is 10.1. The van der Waals surface area contributed by atoms with Gasteiger partial charge in [-0.15, -0.1) is 0 Å². The molecule has 0 unspecified atom stereocenters. The van der Waals surface area contributed by atoms with Crippen molar-refractivity contribution in [3.8, 4) is 0 Å². The highest BCUT2D eigenvalue weighted by Crippen LogP contribution is 2.06. The maximum absolute atomic E-state index is 4.22. The minimum atomic E-state index is 1.05. The fourth-order valence-corrected chi connectivity index (χ4v) is 2.27. The minimum Gasteiger partial charge on any atom is -0.304 e. The van der Waals surface area contributed by atoms with Crippen LogP contribution in [0, 0.1) is 0 Å². The van der Waals surface area contributed by atoms with Crippen LogP contribution in [0.4, 0.5) is 0 Å². The molecule has 0 amide bonds. The third kappa shape index (κ3) is 6.44. The maximum atomic E-state index is 4.22. The van der Waals surface area contributed by atoms with Crippen LogP contribution in [0.15, 0.2) is 0 Å². The number of nitrogens with zero attached hydrogens (tertiary/aromatic N) is 2. The second-order valence-corrected chi connectivity index (χ2v) is 5.08. The van der Waals surface area contributed by atoms with E-state index >= 15 is 0 Å². The van der Waals surface area contributed by atoms with E-state index in [1.54, 1.807) is 0 Å². The lowest BCUT2D eigenvalue weighted by Crippen LogP contribution is -2.44. The predicted molar refractivity (Wildman–Crippen MR) is 70.9 cm³/mol. The number of likely N-dealkylation sites (N-methyl/N-ethyl adjacent to an activating group) is 1. The van der Waals surface area contributed by atoms with Crippen LogP contribution in [0.1, 0.15) is 32.1 Å². The molecule has 15 heavy (non-hydrogen) atoms. The van der Waals surface area contributed by atoms with E-state index in [1.807, 2.05) is 0 Å². The molecule has 0 atom stereocenters. The van der Waals surface area contributed by atoms with Gasteiger partial charge in [-0.25, -0.2) is 0 Å². The lowest BCUT2D eigenvalue weighted by molar-refractivity contribution is 0.152. The lowest BCUT2D eigenvalue weighted by atomic mass is 10.1. The molecular formula is C12H26N2S. The molecule has 1 rings (SSSR count). The van der Waals surface area contributed by atoms with Crippen LogP contribution in [0.3, 0.4) is 0 Å². The number of rotatable bonds is 7. The van der Waals surface area contributed by atoms with Crippen molar-refractivity contribution in [3.63, 3.8) is 0 Å². The van der Waals surface area contributed by atoms with E-state index in [-0.39, 0.29) is 0 Å². The maximum Gasteiger partial charge on any atom is 0.0110 e. The molecular weight excluding hydrogens is 204 g/mol. The van der Waals surface area contributed by atoms with E-state index in [0.717, 1.165) is 5.75 Å². The number of unbranched alkanes of at least 4 members (excludes halogenated alkanes) is 4. The topological polar surface area (TPSA) is 6.48 Å². The van der Waals surface area contributed by atoms with Crippen molar-refractivity contribution in [1.82, 2.24) is 9.80 Å². The Kier molecular flexibility index (Phi) is 7.49. The van der Waals surface area contributed by atoms with Gasteiger partial charge >= 0.3 is 0 Å². The van der Waals surface area contributed by atoms with Crippen LogP contribution >= 0.6 is 12.6 Å². The number of piperazine rings is 1. The molecule has 1 fully saturated rings. The molecule has 0 bridgehead atoms. The Morgan fingerprint density at radius 3 is 2.13 bits per heavy atom. The zero-order chi connectivity index (χ0) is 10.9. The van der Waals surface area contributed by atoms with Crippen LogP contribution in [0.2, 0.25) is 0 Å². The Hall–Kier alpha value is 0.270. The summed E-state index contributed by atoms with van der Waals surface area (Å²) in [6, 6.07) is 0. The van der Waals surface area contributed by atoms with E-state index in [4.69, 9.17) is 0 Å². The van der Waals surface area contributed by atoms with Crippen LogP contribution in [0.25, 0.3) is 0 Å². The summed E-state index contributed by atoms with van der Waals surface area (Å²) in [6.07, 6.45) is 6.84. The molecule has 1 heterocycles. The molecule has 1 aliphatic rings. The summed E-state index contributed by atoms with van der Waals surface area (Å²) in [6.45, 7) is 6.36. The Morgan fingerprint density at radius 1 is 0.867 bits per heavy atom. The normalized spacial score (nSPS) is 19.6. The van der Waals surface area contributed by atoms with Gasteiger partial charge in [0.05, 0.1) is 0 Å². The first kappa shape index (κ1) is 13.3. The van der Waals surface area contributed by atoms with Gasteiger partial charge in [0.1, 0.15) is 0 Å². The summed E-state index contributed by atoms with van der Waals surface area (Å²) in [5.74, 6) is 1.05. The van der Waals surface area contributed by atoms with E-state index in [9.17, 15) is 0 Å². The second-order valence-electron chi connectivity index (χ2n) is 4.64. The Labute approximate surface area is 100 Å². The molecule has 0 aromatic rings. The highest BCUT2D eigenvalue weighted by Gasteiger charge is 2.12. The van der Waals surface area contributed by atoms with Crippen molar-refractivity contribution in [2.75, 3.05) is 45.5 Å². The van der Waals surface area contributed by atoms with Gasteiger partial charge in [-0.1, -0.05) is 19.3 Å². The summed E-state index contributed by atoms with van der Waals surface area (Å²) >= 11 is 4.22. The minimum absolute atomic E-state index is 1.05. The largest absolute Gasteiger partial charge is 0.304 e.